The molecule has 172 valence electrons. The fourth-order valence-corrected chi connectivity index (χ4v) is 3.78. The summed E-state index contributed by atoms with van der Waals surface area (Å²) >= 11 is 1.61. The highest BCUT2D eigenvalue weighted by Gasteiger charge is 2.13. The van der Waals surface area contributed by atoms with E-state index in [-0.39, 0.29) is 30.1 Å². The third kappa shape index (κ3) is 7.72. The highest BCUT2D eigenvalue weighted by atomic mass is 127. The summed E-state index contributed by atoms with van der Waals surface area (Å²) in [6.45, 7) is 3.77. The van der Waals surface area contributed by atoms with Crippen molar-refractivity contribution >= 4 is 41.3 Å². The Kier molecular flexibility index (Phi) is 10.8. The monoisotopic (exact) mass is 567 g/mol. The molecule has 0 amide bonds. The van der Waals surface area contributed by atoms with Crippen molar-refractivity contribution in [2.75, 3.05) is 21.2 Å². The van der Waals surface area contributed by atoms with Gasteiger partial charge in [-0.15, -0.1) is 35.3 Å². The van der Waals surface area contributed by atoms with E-state index in [1.165, 1.54) is 0 Å². The number of nitrogens with zero attached hydrogens (tertiary/aromatic N) is 4. The van der Waals surface area contributed by atoms with Crippen molar-refractivity contribution in [2.45, 2.75) is 32.7 Å². The summed E-state index contributed by atoms with van der Waals surface area (Å²) in [4.78, 5) is 15.4. The number of nitrogens with one attached hydrogen (secondary N) is 1. The van der Waals surface area contributed by atoms with Gasteiger partial charge in [0.25, 0.3) is 0 Å². The summed E-state index contributed by atoms with van der Waals surface area (Å²) in [7, 11) is 5.47. The summed E-state index contributed by atoms with van der Waals surface area (Å²) in [5.74, 6) is 1.40. The number of aliphatic imine (C=N–C) groups is 1. The molecule has 2 aromatic heterocycles. The van der Waals surface area contributed by atoms with Gasteiger partial charge in [0.1, 0.15) is 17.7 Å². The summed E-state index contributed by atoms with van der Waals surface area (Å²) in [5, 5.41) is 6.43. The molecule has 1 unspecified atom stereocenters. The first-order valence-electron chi connectivity index (χ1n) is 10.1. The molecule has 1 aromatic carbocycles. The molecule has 0 bridgehead atoms. The predicted molar refractivity (Wildman–Crippen MR) is 140 cm³/mol. The first kappa shape index (κ1) is 26.0. The molecule has 0 radical (unpaired) electrons. The second kappa shape index (κ2) is 13.3. The average Bonchev–Trinajstić information content (AvgIpc) is 3.27. The number of aromatic nitrogens is 2. The Bertz CT molecular complexity index is 983. The van der Waals surface area contributed by atoms with Crippen LogP contribution in [0.4, 0.5) is 0 Å². The fourth-order valence-electron chi connectivity index (χ4n) is 2.94. The van der Waals surface area contributed by atoms with Gasteiger partial charge in [-0.3, -0.25) is 4.99 Å². The zero-order valence-electron chi connectivity index (χ0n) is 18.8. The van der Waals surface area contributed by atoms with Crippen LogP contribution in [0.15, 0.2) is 59.0 Å². The van der Waals surface area contributed by atoms with E-state index < -0.39 is 0 Å². The third-order valence-electron chi connectivity index (χ3n) is 4.72. The molecular weight excluding hydrogens is 537 g/mol. The first-order valence-corrected chi connectivity index (χ1v) is 11.0. The smallest absolute Gasteiger partial charge is 0.213 e. The van der Waals surface area contributed by atoms with Gasteiger partial charge in [0.05, 0.1) is 12.2 Å². The summed E-state index contributed by atoms with van der Waals surface area (Å²) in [5.41, 5.74) is 3.17. The van der Waals surface area contributed by atoms with Gasteiger partial charge in [0.2, 0.25) is 5.88 Å². The van der Waals surface area contributed by atoms with Crippen LogP contribution in [0, 0.1) is 0 Å². The van der Waals surface area contributed by atoms with E-state index in [2.05, 4.69) is 25.7 Å². The van der Waals surface area contributed by atoms with Crippen molar-refractivity contribution in [3.8, 4) is 5.88 Å². The van der Waals surface area contributed by atoms with Crippen LogP contribution in [0.2, 0.25) is 0 Å². The largest absolute Gasteiger partial charge is 0.473 e. The van der Waals surface area contributed by atoms with E-state index in [4.69, 9.17) is 9.47 Å². The minimum Gasteiger partial charge on any atom is -0.473 e. The number of ether oxygens (including phenoxy) is 2. The van der Waals surface area contributed by atoms with Gasteiger partial charge < -0.3 is 19.7 Å². The standard InChI is InChI=1S/C23H29N5O2S.HI/c1-17(29-4)22-27-20(16-31-22)14-28(3)23(24-2)26-13-19-10-11-25-21(12-19)30-15-18-8-6-5-7-9-18;/h5-12,16-17H,13-15H2,1-4H3,(H,24,26);1H. The summed E-state index contributed by atoms with van der Waals surface area (Å²) in [6, 6.07) is 14.0. The number of hydrogen-bond donors (Lipinski definition) is 1. The topological polar surface area (TPSA) is 71.9 Å². The van der Waals surface area contributed by atoms with Gasteiger partial charge >= 0.3 is 0 Å². The lowest BCUT2D eigenvalue weighted by Gasteiger charge is -2.21. The van der Waals surface area contributed by atoms with E-state index in [1.807, 2.05) is 61.3 Å². The van der Waals surface area contributed by atoms with Crippen LogP contribution in [0.3, 0.4) is 0 Å². The predicted octanol–water partition coefficient (Wildman–Crippen LogP) is 4.65. The van der Waals surface area contributed by atoms with Crippen molar-refractivity contribution in [3.63, 3.8) is 0 Å². The number of methoxy groups -OCH3 is 1. The lowest BCUT2D eigenvalue weighted by atomic mass is 10.2. The van der Waals surface area contributed by atoms with E-state index in [0.717, 1.165) is 27.8 Å². The normalized spacial score (nSPS) is 12.1. The Balaban J connectivity index is 0.00000363. The van der Waals surface area contributed by atoms with Crippen LogP contribution in [-0.2, 0) is 24.4 Å². The number of thiazole rings is 1. The molecular formula is C23H30IN5O2S. The van der Waals surface area contributed by atoms with Crippen molar-refractivity contribution in [1.82, 2.24) is 20.2 Å². The number of pyridine rings is 1. The molecule has 0 aliphatic carbocycles. The number of halogens is 1. The first-order chi connectivity index (χ1) is 15.1. The summed E-state index contributed by atoms with van der Waals surface area (Å²) in [6.07, 6.45) is 1.77. The molecule has 0 saturated heterocycles. The minimum atomic E-state index is 0. The van der Waals surface area contributed by atoms with Gasteiger partial charge in [-0.25, -0.2) is 9.97 Å². The van der Waals surface area contributed by atoms with Crippen LogP contribution in [0.5, 0.6) is 5.88 Å². The average molecular weight is 567 g/mol. The Hall–Kier alpha value is -2.24. The zero-order valence-corrected chi connectivity index (χ0v) is 22.0. The Labute approximate surface area is 210 Å². The minimum absolute atomic E-state index is 0. The van der Waals surface area contributed by atoms with Crippen LogP contribution in [0.25, 0.3) is 0 Å². The summed E-state index contributed by atoms with van der Waals surface area (Å²) < 4.78 is 11.2. The molecule has 3 rings (SSSR count). The molecule has 3 aromatic rings. The van der Waals surface area contributed by atoms with Crippen molar-refractivity contribution in [1.29, 1.82) is 0 Å². The van der Waals surface area contributed by atoms with E-state index in [9.17, 15) is 0 Å². The lowest BCUT2D eigenvalue weighted by Crippen LogP contribution is -2.38. The number of hydrogen-bond acceptors (Lipinski definition) is 6. The van der Waals surface area contributed by atoms with E-state index in [1.54, 1.807) is 31.7 Å². The zero-order chi connectivity index (χ0) is 22.1. The van der Waals surface area contributed by atoms with Crippen LogP contribution < -0.4 is 10.1 Å². The van der Waals surface area contributed by atoms with Crippen LogP contribution >= 0.6 is 35.3 Å². The quantitative estimate of drug-likeness (QED) is 0.231. The van der Waals surface area contributed by atoms with Crippen LogP contribution in [0.1, 0.15) is 34.9 Å². The number of rotatable bonds is 9. The molecule has 1 N–H and O–H groups in total. The second-order valence-corrected chi connectivity index (χ2v) is 7.98. The molecule has 7 nitrogen and oxygen atoms in total. The van der Waals surface area contributed by atoms with Gasteiger partial charge in [-0.1, -0.05) is 30.3 Å². The van der Waals surface area contributed by atoms with Crippen molar-refractivity contribution in [3.05, 3.63) is 75.9 Å². The third-order valence-corrected chi connectivity index (χ3v) is 5.78. The maximum absolute atomic E-state index is 5.83. The molecule has 2 heterocycles. The molecule has 1 atom stereocenters. The molecule has 0 spiro atoms. The Morgan fingerprint density at radius 3 is 2.72 bits per heavy atom. The Morgan fingerprint density at radius 2 is 2.00 bits per heavy atom. The maximum Gasteiger partial charge on any atom is 0.213 e. The van der Waals surface area contributed by atoms with Crippen LogP contribution in [-0.4, -0.2) is 42.0 Å². The molecule has 0 fully saturated rings. The lowest BCUT2D eigenvalue weighted by molar-refractivity contribution is 0.119. The number of benzene rings is 1. The molecule has 0 aliphatic heterocycles. The molecule has 9 heteroatoms. The van der Waals surface area contributed by atoms with Gasteiger partial charge in [0.15, 0.2) is 5.96 Å². The molecule has 0 aliphatic rings. The van der Waals surface area contributed by atoms with Crippen molar-refractivity contribution < 1.29 is 9.47 Å². The van der Waals surface area contributed by atoms with Gasteiger partial charge in [0, 0.05) is 45.4 Å². The fraction of sp³-hybridized carbons (Fsp3) is 0.348. The van der Waals surface area contributed by atoms with E-state index >= 15 is 0 Å². The van der Waals surface area contributed by atoms with Crippen molar-refractivity contribution in [2.24, 2.45) is 4.99 Å². The Morgan fingerprint density at radius 1 is 1.22 bits per heavy atom. The number of guanidine groups is 1. The van der Waals surface area contributed by atoms with Gasteiger partial charge in [-0.2, -0.15) is 0 Å². The highest BCUT2D eigenvalue weighted by Crippen LogP contribution is 2.21. The molecule has 32 heavy (non-hydrogen) atoms. The second-order valence-electron chi connectivity index (χ2n) is 7.09. The SMILES string of the molecule is CN=C(NCc1ccnc(OCc2ccccc2)c1)N(C)Cc1csc(C(C)OC)n1.I. The molecule has 0 saturated carbocycles. The van der Waals surface area contributed by atoms with Gasteiger partial charge in [-0.05, 0) is 24.1 Å². The van der Waals surface area contributed by atoms with E-state index in [0.29, 0.717) is 25.6 Å². The maximum atomic E-state index is 5.83. The highest BCUT2D eigenvalue weighted by molar-refractivity contribution is 14.0.